The predicted molar refractivity (Wildman–Crippen MR) is 124 cm³/mol. The Kier molecular flexibility index (Phi) is 5.73. The van der Waals surface area contributed by atoms with Gasteiger partial charge >= 0.3 is 0 Å². The van der Waals surface area contributed by atoms with Crippen molar-refractivity contribution in [2.45, 2.75) is 33.4 Å². The molecule has 0 amide bonds. The first kappa shape index (κ1) is 21.5. The molecule has 0 aromatic heterocycles. The van der Waals surface area contributed by atoms with E-state index < -0.39 is 0 Å². The van der Waals surface area contributed by atoms with Crippen LogP contribution in [0, 0.1) is 11.8 Å². The quantitative estimate of drug-likeness (QED) is 0.591. The van der Waals surface area contributed by atoms with Gasteiger partial charge in [0.15, 0.2) is 12.6 Å². The smallest absolute Gasteiger partial charge is 0.231 e. The van der Waals surface area contributed by atoms with Crippen molar-refractivity contribution in [3.63, 3.8) is 0 Å². The summed E-state index contributed by atoms with van der Waals surface area (Å²) in [5, 5.41) is 10.6. The molecule has 7 heteroatoms. The number of nitrogens with zero attached hydrogens (tertiary/aromatic N) is 1. The summed E-state index contributed by atoms with van der Waals surface area (Å²) in [6.07, 6.45) is 2.92. The van der Waals surface area contributed by atoms with Crippen molar-refractivity contribution in [1.29, 1.82) is 0 Å². The maximum absolute atomic E-state index is 13.1. The van der Waals surface area contributed by atoms with Gasteiger partial charge in [-0.15, -0.1) is 0 Å². The molecule has 32 heavy (non-hydrogen) atoms. The first-order chi connectivity index (χ1) is 15.4. The zero-order valence-electron chi connectivity index (χ0n) is 18.2. The van der Waals surface area contributed by atoms with Crippen molar-refractivity contribution < 1.29 is 24.1 Å². The zero-order chi connectivity index (χ0) is 22.4. The highest BCUT2D eigenvalue weighted by Gasteiger charge is 2.33. The molecular weight excluding hydrogens is 474 g/mol. The van der Waals surface area contributed by atoms with Crippen LogP contribution in [0.25, 0.3) is 6.08 Å². The number of ether oxygens (including phenoxy) is 3. The molecule has 1 fully saturated rings. The third-order valence-electron chi connectivity index (χ3n) is 6.23. The average Bonchev–Trinajstić information content (AvgIpc) is 3.05. The SMILES string of the molecule is C[C@@H]1C[C@@H](C)CN(Cc2c(O)ccc3c2O/C(=C\c2cc(Br)cc4c2OCOC4)C3=O)C1. The number of likely N-dealkylation sites (tertiary alicyclic amines) is 1. The molecule has 3 aliphatic rings. The van der Waals surface area contributed by atoms with E-state index in [0.717, 1.165) is 28.7 Å². The Morgan fingerprint density at radius 1 is 1.19 bits per heavy atom. The number of hydrogen-bond acceptors (Lipinski definition) is 6. The van der Waals surface area contributed by atoms with E-state index >= 15 is 0 Å². The molecule has 2 aromatic carbocycles. The number of Topliss-reactive ketones (excluding diaryl/α,β-unsaturated/α-hetero) is 1. The van der Waals surface area contributed by atoms with Crippen LogP contribution >= 0.6 is 15.9 Å². The number of aromatic hydroxyl groups is 1. The van der Waals surface area contributed by atoms with Crippen LogP contribution in [0.5, 0.6) is 17.2 Å². The van der Waals surface area contributed by atoms with Crippen LogP contribution in [-0.4, -0.2) is 35.7 Å². The second-order valence-corrected chi connectivity index (χ2v) is 10.0. The maximum Gasteiger partial charge on any atom is 0.231 e. The molecule has 0 unspecified atom stereocenters. The van der Waals surface area contributed by atoms with Crippen LogP contribution in [0.15, 0.2) is 34.5 Å². The molecule has 0 spiro atoms. The van der Waals surface area contributed by atoms with E-state index in [1.807, 2.05) is 12.1 Å². The molecule has 6 nitrogen and oxygen atoms in total. The summed E-state index contributed by atoms with van der Waals surface area (Å²) >= 11 is 3.52. The lowest BCUT2D eigenvalue weighted by molar-refractivity contribution is -0.0165. The van der Waals surface area contributed by atoms with Crippen LogP contribution in [0.4, 0.5) is 0 Å². The Morgan fingerprint density at radius 3 is 2.75 bits per heavy atom. The summed E-state index contributed by atoms with van der Waals surface area (Å²) in [7, 11) is 0. The third-order valence-corrected chi connectivity index (χ3v) is 6.69. The molecular formula is C25H26BrNO5. The summed E-state index contributed by atoms with van der Waals surface area (Å²) < 4.78 is 18.0. The summed E-state index contributed by atoms with van der Waals surface area (Å²) in [5.74, 6) is 2.54. The molecule has 0 bridgehead atoms. The second kappa shape index (κ2) is 8.54. The Labute approximate surface area is 195 Å². The number of fused-ring (bicyclic) bond motifs is 2. The summed E-state index contributed by atoms with van der Waals surface area (Å²) in [6, 6.07) is 7.07. The van der Waals surface area contributed by atoms with Gasteiger partial charge in [-0.25, -0.2) is 0 Å². The molecule has 168 valence electrons. The number of rotatable bonds is 3. The number of carbonyl (C=O) groups excluding carboxylic acids is 1. The lowest BCUT2D eigenvalue weighted by Gasteiger charge is -2.35. The minimum atomic E-state index is -0.192. The highest BCUT2D eigenvalue weighted by Crippen LogP contribution is 2.42. The Bertz CT molecular complexity index is 1100. The van der Waals surface area contributed by atoms with E-state index in [1.165, 1.54) is 6.42 Å². The second-order valence-electron chi connectivity index (χ2n) is 9.11. The normalized spacial score (nSPS) is 24.1. The van der Waals surface area contributed by atoms with Crippen LogP contribution in [0.3, 0.4) is 0 Å². The molecule has 1 N–H and O–H groups in total. The van der Waals surface area contributed by atoms with Gasteiger partial charge in [0, 0.05) is 35.2 Å². The standard InChI is InChI=1S/C25H26BrNO5/c1-14-5-15(2)10-27(9-14)11-20-21(28)4-3-19-23(29)22(32-25(19)20)8-16-6-18(26)7-17-12-30-13-31-24(16)17/h3-4,6-8,14-15,28H,5,9-13H2,1-2H3/b22-8-/t14-,15-/m1/s1. The van der Waals surface area contributed by atoms with Crippen molar-refractivity contribution in [2.24, 2.45) is 11.8 Å². The molecule has 2 atom stereocenters. The van der Waals surface area contributed by atoms with Crippen molar-refractivity contribution in [3.8, 4) is 17.2 Å². The summed E-state index contributed by atoms with van der Waals surface area (Å²) in [6.45, 7) is 7.61. The van der Waals surface area contributed by atoms with E-state index in [2.05, 4.69) is 34.7 Å². The van der Waals surface area contributed by atoms with Crippen LogP contribution in [0.2, 0.25) is 0 Å². The molecule has 3 heterocycles. The van der Waals surface area contributed by atoms with Crippen LogP contribution < -0.4 is 9.47 Å². The van der Waals surface area contributed by atoms with E-state index in [-0.39, 0.29) is 24.1 Å². The predicted octanol–water partition coefficient (Wildman–Crippen LogP) is 5.12. The van der Waals surface area contributed by atoms with Crippen molar-refractivity contribution in [3.05, 3.63) is 56.8 Å². The van der Waals surface area contributed by atoms with Crippen LogP contribution in [-0.2, 0) is 17.9 Å². The van der Waals surface area contributed by atoms with Gasteiger partial charge in [-0.3, -0.25) is 9.69 Å². The van der Waals surface area contributed by atoms with E-state index in [4.69, 9.17) is 14.2 Å². The number of phenolic OH excluding ortho intramolecular Hbond substituents is 1. The van der Waals surface area contributed by atoms with Gasteiger partial charge in [0.05, 0.1) is 17.7 Å². The van der Waals surface area contributed by atoms with Crippen molar-refractivity contribution in [2.75, 3.05) is 19.9 Å². The molecule has 0 saturated carbocycles. The third kappa shape index (κ3) is 4.05. The minimum absolute atomic E-state index is 0.156. The number of hydrogen-bond donors (Lipinski definition) is 1. The molecule has 3 aliphatic heterocycles. The van der Waals surface area contributed by atoms with Gasteiger partial charge in [0.25, 0.3) is 0 Å². The van der Waals surface area contributed by atoms with Gasteiger partial charge < -0.3 is 19.3 Å². The van der Waals surface area contributed by atoms with Gasteiger partial charge in [-0.2, -0.15) is 0 Å². The number of halogens is 1. The monoisotopic (exact) mass is 499 g/mol. The van der Waals surface area contributed by atoms with Gasteiger partial charge in [-0.1, -0.05) is 29.8 Å². The lowest BCUT2D eigenvalue weighted by atomic mass is 9.91. The minimum Gasteiger partial charge on any atom is -0.507 e. The van der Waals surface area contributed by atoms with E-state index in [9.17, 15) is 9.90 Å². The van der Waals surface area contributed by atoms with Gasteiger partial charge in [0.1, 0.15) is 17.2 Å². The number of ketones is 1. The highest BCUT2D eigenvalue weighted by molar-refractivity contribution is 9.10. The molecule has 1 saturated heterocycles. The lowest BCUT2D eigenvalue weighted by Crippen LogP contribution is -2.38. The number of carbonyl (C=O) groups is 1. The fourth-order valence-corrected chi connectivity index (χ4v) is 5.57. The Hall–Kier alpha value is -2.35. The largest absolute Gasteiger partial charge is 0.507 e. The number of piperidine rings is 1. The first-order valence-electron chi connectivity index (χ1n) is 10.9. The first-order valence-corrected chi connectivity index (χ1v) is 11.7. The fraction of sp³-hybridized carbons (Fsp3) is 0.400. The number of phenols is 1. The summed E-state index contributed by atoms with van der Waals surface area (Å²) in [5.41, 5.74) is 2.81. The molecule has 0 radical (unpaired) electrons. The number of allylic oxidation sites excluding steroid dienone is 1. The van der Waals surface area contributed by atoms with Crippen molar-refractivity contribution >= 4 is 27.8 Å². The van der Waals surface area contributed by atoms with Gasteiger partial charge in [-0.05, 0) is 48.6 Å². The van der Waals surface area contributed by atoms with Crippen LogP contribution in [0.1, 0.15) is 47.3 Å². The number of benzene rings is 2. The zero-order valence-corrected chi connectivity index (χ0v) is 19.8. The highest BCUT2D eigenvalue weighted by atomic mass is 79.9. The van der Waals surface area contributed by atoms with E-state index in [1.54, 1.807) is 18.2 Å². The van der Waals surface area contributed by atoms with Crippen molar-refractivity contribution in [1.82, 2.24) is 4.90 Å². The average molecular weight is 500 g/mol. The molecule has 5 rings (SSSR count). The molecule has 0 aliphatic carbocycles. The topological polar surface area (TPSA) is 68.2 Å². The fourth-order valence-electron chi connectivity index (χ4n) is 5.05. The Balaban J connectivity index is 1.48. The maximum atomic E-state index is 13.1. The van der Waals surface area contributed by atoms with Gasteiger partial charge in [0.2, 0.25) is 5.78 Å². The molecule has 2 aromatic rings. The Morgan fingerprint density at radius 2 is 1.97 bits per heavy atom. The van der Waals surface area contributed by atoms with E-state index in [0.29, 0.717) is 47.6 Å². The summed E-state index contributed by atoms with van der Waals surface area (Å²) in [4.78, 5) is 15.5.